The largest absolute Gasteiger partial charge is 0.488 e. The monoisotopic (exact) mass is 511 g/mol. The lowest BCUT2D eigenvalue weighted by atomic mass is 9.85. The third-order valence-electron chi connectivity index (χ3n) is 6.85. The van der Waals surface area contributed by atoms with Gasteiger partial charge in [-0.1, -0.05) is 24.6 Å². The first-order chi connectivity index (χ1) is 17.0. The number of benzene rings is 2. The van der Waals surface area contributed by atoms with E-state index in [-0.39, 0.29) is 11.7 Å². The average molecular weight is 512 g/mol. The SMILES string of the molecule is C[C@H]1C[C@@H](C(=O)OC2CCc3cc4c(cc3C2=O)OCc2cc(Cl)ccc2-4)N(C(=O)OC(C)(C)C)C1. The Morgan fingerprint density at radius 1 is 1.08 bits per heavy atom. The van der Waals surface area contributed by atoms with Gasteiger partial charge in [-0.15, -0.1) is 0 Å². The number of ketones is 1. The molecule has 190 valence electrons. The van der Waals surface area contributed by atoms with E-state index in [2.05, 4.69) is 0 Å². The zero-order chi connectivity index (χ0) is 25.8. The van der Waals surface area contributed by atoms with Crippen molar-refractivity contribution in [3.05, 3.63) is 52.0 Å². The van der Waals surface area contributed by atoms with Crippen molar-refractivity contribution < 1.29 is 28.6 Å². The molecule has 36 heavy (non-hydrogen) atoms. The molecule has 2 aliphatic heterocycles. The topological polar surface area (TPSA) is 82.1 Å². The number of halogens is 1. The highest BCUT2D eigenvalue weighted by atomic mass is 35.5. The number of fused-ring (bicyclic) bond motifs is 4. The zero-order valence-electron chi connectivity index (χ0n) is 20.9. The summed E-state index contributed by atoms with van der Waals surface area (Å²) in [7, 11) is 0. The van der Waals surface area contributed by atoms with Gasteiger partial charge in [-0.3, -0.25) is 9.69 Å². The smallest absolute Gasteiger partial charge is 0.411 e. The van der Waals surface area contributed by atoms with Crippen LogP contribution in [0.5, 0.6) is 5.75 Å². The first kappa shape index (κ1) is 24.6. The Hall–Kier alpha value is -3.06. The molecule has 5 rings (SSSR count). The first-order valence-electron chi connectivity index (χ1n) is 12.3. The summed E-state index contributed by atoms with van der Waals surface area (Å²) in [6.45, 7) is 8.10. The van der Waals surface area contributed by atoms with Crippen LogP contribution >= 0.6 is 11.6 Å². The van der Waals surface area contributed by atoms with E-state index in [4.69, 9.17) is 25.8 Å². The maximum atomic E-state index is 13.4. The second kappa shape index (κ2) is 9.11. The molecule has 0 aromatic heterocycles. The van der Waals surface area contributed by atoms with Crippen molar-refractivity contribution in [2.45, 2.75) is 71.3 Å². The van der Waals surface area contributed by atoms with Crippen LogP contribution in [0.1, 0.15) is 62.0 Å². The van der Waals surface area contributed by atoms with E-state index in [9.17, 15) is 14.4 Å². The fourth-order valence-electron chi connectivity index (χ4n) is 5.20. The molecule has 1 unspecified atom stereocenters. The number of hydrogen-bond acceptors (Lipinski definition) is 6. The molecule has 0 saturated carbocycles. The highest BCUT2D eigenvalue weighted by Crippen LogP contribution is 2.42. The molecule has 8 heteroatoms. The third kappa shape index (κ3) is 4.69. The minimum Gasteiger partial charge on any atom is -0.488 e. The molecule has 2 aromatic carbocycles. The molecule has 3 aliphatic rings. The number of carbonyl (C=O) groups is 3. The predicted molar refractivity (Wildman–Crippen MR) is 134 cm³/mol. The summed E-state index contributed by atoms with van der Waals surface area (Å²) < 4.78 is 17.1. The molecular formula is C28H30ClNO6. The summed E-state index contributed by atoms with van der Waals surface area (Å²) in [5, 5.41) is 0.653. The van der Waals surface area contributed by atoms with Gasteiger partial charge in [0, 0.05) is 22.7 Å². The summed E-state index contributed by atoms with van der Waals surface area (Å²) in [4.78, 5) is 40.6. The van der Waals surface area contributed by atoms with Crippen LogP contribution in [0.4, 0.5) is 4.79 Å². The zero-order valence-corrected chi connectivity index (χ0v) is 21.7. The van der Waals surface area contributed by atoms with Gasteiger partial charge in [-0.05, 0) is 86.9 Å². The predicted octanol–water partition coefficient (Wildman–Crippen LogP) is 5.59. The molecule has 1 aliphatic carbocycles. The average Bonchev–Trinajstić information content (AvgIpc) is 3.21. The van der Waals surface area contributed by atoms with E-state index in [0.29, 0.717) is 48.7 Å². The van der Waals surface area contributed by atoms with Gasteiger partial charge >= 0.3 is 12.1 Å². The number of nitrogens with zero attached hydrogens (tertiary/aromatic N) is 1. The Morgan fingerprint density at radius 3 is 2.61 bits per heavy atom. The summed E-state index contributed by atoms with van der Waals surface area (Å²) in [5.41, 5.74) is 3.73. The van der Waals surface area contributed by atoms with Gasteiger partial charge < -0.3 is 14.2 Å². The normalized spacial score (nSPS) is 22.8. The van der Waals surface area contributed by atoms with Crippen LogP contribution in [0.3, 0.4) is 0 Å². The van der Waals surface area contributed by atoms with Crippen LogP contribution in [-0.2, 0) is 27.3 Å². The molecule has 2 aromatic rings. The van der Waals surface area contributed by atoms with E-state index in [1.54, 1.807) is 26.8 Å². The van der Waals surface area contributed by atoms with Gasteiger partial charge in [0.15, 0.2) is 6.10 Å². The van der Waals surface area contributed by atoms with Crippen molar-refractivity contribution in [3.63, 3.8) is 0 Å². The van der Waals surface area contributed by atoms with E-state index < -0.39 is 29.8 Å². The molecule has 7 nitrogen and oxygen atoms in total. The number of esters is 1. The van der Waals surface area contributed by atoms with Gasteiger partial charge in [0.2, 0.25) is 5.78 Å². The summed E-state index contributed by atoms with van der Waals surface area (Å²) in [6.07, 6.45) is 0.0137. The Bertz CT molecular complexity index is 1250. The van der Waals surface area contributed by atoms with Crippen LogP contribution < -0.4 is 4.74 Å². The molecular weight excluding hydrogens is 482 g/mol. The number of amides is 1. The van der Waals surface area contributed by atoms with E-state index in [1.807, 2.05) is 31.2 Å². The van der Waals surface area contributed by atoms with Gasteiger partial charge in [0.25, 0.3) is 0 Å². The van der Waals surface area contributed by atoms with Gasteiger partial charge in [-0.2, -0.15) is 0 Å². The minimum atomic E-state index is -0.894. The summed E-state index contributed by atoms with van der Waals surface area (Å²) in [5.74, 6) is -0.0521. The standard InChI is InChI=1S/C28H30ClNO6/c1-15-9-22(30(13-15)27(33)36-28(2,3)4)26(32)35-23-8-5-16-11-21-19-7-6-18(29)10-17(19)14-34-24(21)12-20(16)25(23)31/h6-7,10-12,15,22-23H,5,8-9,13-14H2,1-4H3/t15-,22-,23?/m0/s1. The molecule has 2 heterocycles. The molecule has 0 radical (unpaired) electrons. The van der Waals surface area contributed by atoms with Gasteiger partial charge in [0.1, 0.15) is 24.0 Å². The summed E-state index contributed by atoms with van der Waals surface area (Å²) >= 11 is 6.13. The second-order valence-electron chi connectivity index (χ2n) is 10.9. The number of ether oxygens (including phenoxy) is 3. The van der Waals surface area contributed by atoms with E-state index in [0.717, 1.165) is 22.3 Å². The molecule has 3 atom stereocenters. The fourth-order valence-corrected chi connectivity index (χ4v) is 5.40. The van der Waals surface area contributed by atoms with Crippen LogP contribution in [-0.4, -0.2) is 47.0 Å². The Labute approximate surface area is 215 Å². The van der Waals surface area contributed by atoms with Crippen LogP contribution in [0.25, 0.3) is 11.1 Å². The Kier molecular flexibility index (Phi) is 6.23. The summed E-state index contributed by atoms with van der Waals surface area (Å²) in [6, 6.07) is 8.70. The maximum Gasteiger partial charge on any atom is 0.411 e. The molecule has 0 bridgehead atoms. The fraction of sp³-hybridized carbons (Fsp3) is 0.464. The van der Waals surface area contributed by atoms with Crippen molar-refractivity contribution in [1.29, 1.82) is 0 Å². The third-order valence-corrected chi connectivity index (χ3v) is 7.08. The quantitative estimate of drug-likeness (QED) is 0.489. The minimum absolute atomic E-state index is 0.124. The Morgan fingerprint density at radius 2 is 1.86 bits per heavy atom. The maximum absolute atomic E-state index is 13.4. The Balaban J connectivity index is 1.34. The van der Waals surface area contributed by atoms with Crippen LogP contribution in [0, 0.1) is 5.92 Å². The lowest BCUT2D eigenvalue weighted by Gasteiger charge is -2.30. The number of likely N-dealkylation sites (tertiary alicyclic amines) is 1. The van der Waals surface area contributed by atoms with Crippen molar-refractivity contribution >= 4 is 29.4 Å². The van der Waals surface area contributed by atoms with Gasteiger partial charge in [0.05, 0.1) is 0 Å². The molecule has 1 fully saturated rings. The van der Waals surface area contributed by atoms with Crippen molar-refractivity contribution in [2.75, 3.05) is 6.54 Å². The molecule has 0 N–H and O–H groups in total. The highest BCUT2D eigenvalue weighted by Gasteiger charge is 2.43. The van der Waals surface area contributed by atoms with Crippen molar-refractivity contribution in [1.82, 2.24) is 4.90 Å². The number of rotatable bonds is 2. The first-order valence-corrected chi connectivity index (χ1v) is 12.7. The van der Waals surface area contributed by atoms with Crippen molar-refractivity contribution in [2.24, 2.45) is 5.92 Å². The molecule has 1 amide bonds. The number of hydrogen-bond donors (Lipinski definition) is 0. The van der Waals surface area contributed by atoms with Crippen LogP contribution in [0.15, 0.2) is 30.3 Å². The second-order valence-corrected chi connectivity index (χ2v) is 11.3. The van der Waals surface area contributed by atoms with E-state index in [1.165, 1.54) is 4.90 Å². The lowest BCUT2D eigenvalue weighted by Crippen LogP contribution is -2.46. The number of aryl methyl sites for hydroxylation is 1. The molecule has 0 spiro atoms. The number of Topliss-reactive ketones (excluding diaryl/α,β-unsaturated/α-hetero) is 1. The van der Waals surface area contributed by atoms with Crippen LogP contribution in [0.2, 0.25) is 5.02 Å². The highest BCUT2D eigenvalue weighted by molar-refractivity contribution is 6.30. The molecule has 1 saturated heterocycles. The van der Waals surface area contributed by atoms with E-state index >= 15 is 0 Å². The lowest BCUT2D eigenvalue weighted by molar-refractivity contribution is -0.152. The van der Waals surface area contributed by atoms with Crippen molar-refractivity contribution in [3.8, 4) is 16.9 Å². The number of carbonyl (C=O) groups excluding carboxylic acids is 3. The van der Waals surface area contributed by atoms with Gasteiger partial charge in [-0.25, -0.2) is 9.59 Å².